The number of halogens is 18. The maximum absolute atomic E-state index is 15.2. The fourth-order valence-electron chi connectivity index (χ4n) is 6.74. The monoisotopic (exact) mass is 1090 g/mol. The van der Waals surface area contributed by atoms with Gasteiger partial charge in [-0.15, -0.1) is 133 Å². The first-order chi connectivity index (χ1) is 24.6. The summed E-state index contributed by atoms with van der Waals surface area (Å²) in [5, 5.41) is 0. The molecule has 0 heterocycles. The molecule has 0 bridgehead atoms. The van der Waals surface area contributed by atoms with Crippen molar-refractivity contribution >= 4 is 168 Å². The van der Waals surface area contributed by atoms with Gasteiger partial charge in [-0.3, -0.25) is 0 Å². The number of nitrogens with zero attached hydrogens (tertiary/aromatic N) is 2. The molecule has 0 N–H and O–H groups in total. The first-order valence-electron chi connectivity index (χ1n) is 16.7. The predicted molar refractivity (Wildman–Crippen MR) is 239 cm³/mol. The van der Waals surface area contributed by atoms with Crippen LogP contribution in [0.1, 0.15) is 38.8 Å². The molecule has 2 rings (SSSR count). The van der Waals surface area contributed by atoms with Crippen molar-refractivity contribution in [2.24, 2.45) is 23.7 Å². The van der Waals surface area contributed by atoms with E-state index >= 15 is 26.3 Å². The number of anilines is 2. The molecule has 4 atom stereocenters. The molecule has 0 spiro atoms. The van der Waals surface area contributed by atoms with Crippen LogP contribution in [0.25, 0.3) is 0 Å². The van der Waals surface area contributed by atoms with Gasteiger partial charge in [-0.2, -0.15) is 26.3 Å². The Hall–Kier alpha value is 1.97. The van der Waals surface area contributed by atoms with E-state index in [9.17, 15) is 0 Å². The van der Waals surface area contributed by atoms with Crippen molar-refractivity contribution in [3.8, 4) is 0 Å². The first-order valence-corrected chi connectivity index (χ1v) is 37.7. The van der Waals surface area contributed by atoms with E-state index in [0.717, 1.165) is 24.3 Å². The van der Waals surface area contributed by atoms with Crippen LogP contribution in [0.4, 0.5) is 37.7 Å². The molecule has 24 heteroatoms. The smallest absolute Gasteiger partial charge is 0.371 e. The molecule has 0 aliphatic rings. The third kappa shape index (κ3) is 17.7. The van der Waals surface area contributed by atoms with E-state index in [2.05, 4.69) is 0 Å². The van der Waals surface area contributed by atoms with E-state index in [4.69, 9.17) is 133 Å². The van der Waals surface area contributed by atoms with Gasteiger partial charge in [-0.25, -0.2) is 0 Å². The van der Waals surface area contributed by atoms with Crippen molar-refractivity contribution in [2.75, 3.05) is 36.0 Å². The van der Waals surface area contributed by atoms with Crippen molar-refractivity contribution in [3.05, 3.63) is 59.7 Å². The average Bonchev–Trinajstić information content (AvgIpc) is 2.92. The lowest BCUT2D eigenvalue weighted by molar-refractivity contribution is -0.288. The van der Waals surface area contributed by atoms with Gasteiger partial charge in [0.25, 0.3) is 0 Å². The normalized spacial score (nSPS) is 16.1. The molecular formula is C31H40Cl12F6N2Si4. The lowest BCUT2D eigenvalue weighted by Gasteiger charge is -2.39. The zero-order chi connectivity index (χ0) is 42.6. The summed E-state index contributed by atoms with van der Waals surface area (Å²) in [6, 6.07) is -2.98. The highest BCUT2D eigenvalue weighted by Gasteiger charge is 2.72. The average molecular weight is 1090 g/mol. The number of hydrogen-bond acceptors (Lipinski definition) is 2. The van der Waals surface area contributed by atoms with Crippen molar-refractivity contribution in [1.29, 1.82) is 0 Å². The quantitative estimate of drug-likeness (QED) is 0.0741. The molecule has 0 saturated carbocycles. The Labute approximate surface area is 380 Å². The Morgan fingerprint density at radius 1 is 0.418 bits per heavy atom. The maximum Gasteiger partial charge on any atom is 0.411 e. The maximum atomic E-state index is 15.2. The summed E-state index contributed by atoms with van der Waals surface area (Å²) < 4.78 is 91.2. The van der Waals surface area contributed by atoms with Crippen LogP contribution in [0, 0.1) is 23.7 Å². The highest BCUT2D eigenvalue weighted by atomic mass is 35.9. The standard InChI is InChI=1S/C31H40Cl12F6N2Si4/c1-21(17-52(32,33)34)13-50(14-22(2)18-53(35,36)37)27-9-5-25(6-10-27)29(30(44,45)46,31(47,48)49)26-7-11-28(12-8-26)51(15-23(3)19-54(38,39)40)16-24(4)20-55(41,42)43/h5-12,21-24H,13-20H2,1-4H3. The molecule has 4 unspecified atom stereocenters. The van der Waals surface area contributed by atoms with Crippen LogP contribution in [-0.4, -0.2) is 62.5 Å². The molecule has 316 valence electrons. The van der Waals surface area contributed by atoms with E-state index < -0.39 is 52.9 Å². The second-order valence-electron chi connectivity index (χ2n) is 14.3. The van der Waals surface area contributed by atoms with Gasteiger partial charge >= 0.3 is 36.4 Å². The van der Waals surface area contributed by atoms with Gasteiger partial charge in [-0.05, 0) is 83.2 Å². The van der Waals surface area contributed by atoms with Crippen molar-refractivity contribution in [1.82, 2.24) is 0 Å². The topological polar surface area (TPSA) is 6.48 Å². The van der Waals surface area contributed by atoms with Crippen LogP contribution in [0.3, 0.4) is 0 Å². The number of rotatable bonds is 20. The van der Waals surface area contributed by atoms with Crippen LogP contribution >= 0.6 is 133 Å². The molecule has 0 aromatic heterocycles. The lowest BCUT2D eigenvalue weighted by Crippen LogP contribution is -2.54. The minimum atomic E-state index is -5.81. The first kappa shape index (κ1) is 53.1. The predicted octanol–water partition coefficient (Wildman–Crippen LogP) is 15.9. The van der Waals surface area contributed by atoms with Crippen LogP contribution < -0.4 is 9.80 Å². The molecule has 0 fully saturated rings. The molecule has 0 saturated heterocycles. The number of alkyl halides is 6. The third-order valence-electron chi connectivity index (χ3n) is 8.63. The third-order valence-corrected chi connectivity index (χ3v) is 18.8. The fourth-order valence-corrected chi connectivity index (χ4v) is 19.9. The van der Waals surface area contributed by atoms with Gasteiger partial charge in [0.05, 0.1) is 0 Å². The molecule has 2 aromatic carbocycles. The Morgan fingerprint density at radius 2 is 0.618 bits per heavy atom. The summed E-state index contributed by atoms with van der Waals surface area (Å²) in [5.41, 5.74) is -5.73. The van der Waals surface area contributed by atoms with Gasteiger partial charge in [0.15, 0.2) is 0 Å². The van der Waals surface area contributed by atoms with Crippen LogP contribution in [-0.2, 0) is 5.41 Å². The van der Waals surface area contributed by atoms with Gasteiger partial charge in [0.1, 0.15) is 0 Å². The highest BCUT2D eigenvalue weighted by Crippen LogP contribution is 2.56. The molecular weight excluding hydrogens is 1050 g/mol. The molecule has 55 heavy (non-hydrogen) atoms. The lowest BCUT2D eigenvalue weighted by atomic mass is 9.72. The number of hydrogen-bond donors (Lipinski definition) is 0. The largest absolute Gasteiger partial charge is 0.411 e. The van der Waals surface area contributed by atoms with Crippen molar-refractivity contribution in [3.63, 3.8) is 0 Å². The Balaban J connectivity index is 2.68. The van der Waals surface area contributed by atoms with Crippen molar-refractivity contribution < 1.29 is 26.3 Å². The zero-order valence-corrected chi connectivity index (χ0v) is 42.9. The van der Waals surface area contributed by atoms with Crippen molar-refractivity contribution in [2.45, 2.75) is 69.6 Å². The van der Waals surface area contributed by atoms with Crippen LogP contribution in [0.2, 0.25) is 24.2 Å². The van der Waals surface area contributed by atoms with E-state index in [1.165, 1.54) is 24.3 Å². The summed E-state index contributed by atoms with van der Waals surface area (Å²) >= 11 is 73.7. The SMILES string of the molecule is CC(CN(CC(C)C[Si](Cl)(Cl)Cl)c1ccc(C(c2ccc(N(CC(C)C[Si](Cl)(Cl)Cl)CC(C)C[Si](Cl)(Cl)Cl)cc2)(C(F)(F)F)C(F)(F)F)cc1)C[Si](Cl)(Cl)Cl. The van der Waals surface area contributed by atoms with E-state index in [-0.39, 0.29) is 74.0 Å². The Bertz CT molecular complexity index is 1330. The molecule has 0 amide bonds. The van der Waals surface area contributed by atoms with E-state index in [1.807, 2.05) is 27.7 Å². The highest BCUT2D eigenvalue weighted by molar-refractivity contribution is 7.66. The van der Waals surface area contributed by atoms with Crippen LogP contribution in [0.5, 0.6) is 0 Å². The number of benzene rings is 2. The second-order valence-corrected chi connectivity index (χ2v) is 51.1. The summed E-state index contributed by atoms with van der Waals surface area (Å²) in [6.07, 6.45) is -11.6. The zero-order valence-electron chi connectivity index (χ0n) is 29.8. The molecule has 2 nitrogen and oxygen atoms in total. The van der Waals surface area contributed by atoms with Gasteiger partial charge in [-0.1, -0.05) is 52.0 Å². The Morgan fingerprint density at radius 3 is 0.782 bits per heavy atom. The van der Waals surface area contributed by atoms with E-state index in [0.29, 0.717) is 11.4 Å². The molecule has 0 radical (unpaired) electrons. The van der Waals surface area contributed by atoms with E-state index in [1.54, 1.807) is 9.80 Å². The van der Waals surface area contributed by atoms with Gasteiger partial charge < -0.3 is 9.80 Å². The molecule has 2 aromatic rings. The molecule has 0 aliphatic carbocycles. The Kier molecular flexibility index (Phi) is 20.2. The summed E-state index contributed by atoms with van der Waals surface area (Å²) in [4.78, 5) is 3.58. The van der Waals surface area contributed by atoms with Gasteiger partial charge in [0.2, 0.25) is 5.41 Å². The summed E-state index contributed by atoms with van der Waals surface area (Å²) in [6.45, 7) is 8.44. The summed E-state index contributed by atoms with van der Waals surface area (Å²) in [5.74, 6) is -0.784. The van der Waals surface area contributed by atoms with Gasteiger partial charge in [0, 0.05) is 37.6 Å². The summed E-state index contributed by atoms with van der Waals surface area (Å²) in [7, 11) is 0. The molecule has 0 aliphatic heterocycles. The minimum absolute atomic E-state index is 0.196. The minimum Gasteiger partial charge on any atom is -0.371 e. The van der Waals surface area contributed by atoms with Crippen LogP contribution in [0.15, 0.2) is 48.5 Å². The fraction of sp³-hybridized carbons (Fsp3) is 0.613. The second kappa shape index (κ2) is 20.9.